The Kier molecular flexibility index (Phi) is 2.92. The zero-order valence-corrected chi connectivity index (χ0v) is 11.9. The molecule has 2 heteroatoms. The zero-order chi connectivity index (χ0) is 13.5. The highest BCUT2D eigenvalue weighted by atomic mass is 32.1. The maximum Gasteiger partial charge on any atom is 0.113 e. The van der Waals surface area contributed by atoms with Crippen molar-refractivity contribution in [2.45, 2.75) is 19.4 Å². The van der Waals surface area contributed by atoms with Gasteiger partial charge in [-0.3, -0.25) is 0 Å². The summed E-state index contributed by atoms with van der Waals surface area (Å²) < 4.78 is 1.16. The highest BCUT2D eigenvalue weighted by Gasteiger charge is 2.29. The first-order chi connectivity index (χ1) is 9.10. The van der Waals surface area contributed by atoms with Crippen molar-refractivity contribution in [2.24, 2.45) is 0 Å². The van der Waals surface area contributed by atoms with E-state index in [4.69, 9.17) is 0 Å². The summed E-state index contributed by atoms with van der Waals surface area (Å²) in [5, 5.41) is 14.3. The van der Waals surface area contributed by atoms with Crippen LogP contribution in [0.25, 0.3) is 10.1 Å². The number of hydrogen-bond acceptors (Lipinski definition) is 2. The average Bonchev–Trinajstić information content (AvgIpc) is 2.86. The predicted molar refractivity (Wildman–Crippen MR) is 81.7 cm³/mol. The molecule has 0 saturated carbocycles. The van der Waals surface area contributed by atoms with Crippen LogP contribution >= 0.6 is 11.3 Å². The van der Waals surface area contributed by atoms with Crippen LogP contribution in [-0.4, -0.2) is 5.11 Å². The summed E-state index contributed by atoms with van der Waals surface area (Å²) in [5.74, 6) is 0. The van der Waals surface area contributed by atoms with Crippen LogP contribution in [0.3, 0.4) is 0 Å². The molecule has 1 unspecified atom stereocenters. The van der Waals surface area contributed by atoms with E-state index in [0.717, 1.165) is 21.4 Å². The number of hydrogen-bond donors (Lipinski definition) is 1. The summed E-state index contributed by atoms with van der Waals surface area (Å²) in [6.07, 6.45) is 0. The molecule has 3 aromatic rings. The lowest BCUT2D eigenvalue weighted by atomic mass is 9.85. The van der Waals surface area contributed by atoms with Crippen molar-refractivity contribution >= 4 is 21.4 Å². The molecule has 0 radical (unpaired) electrons. The van der Waals surface area contributed by atoms with Gasteiger partial charge in [-0.25, -0.2) is 0 Å². The average molecular weight is 268 g/mol. The summed E-state index contributed by atoms with van der Waals surface area (Å²) in [6.45, 7) is 3.92. The van der Waals surface area contributed by atoms with Gasteiger partial charge in [-0.05, 0) is 41.8 Å². The predicted octanol–water partition coefficient (Wildman–Crippen LogP) is 4.47. The van der Waals surface area contributed by atoms with Gasteiger partial charge in [-0.2, -0.15) is 0 Å². The number of aliphatic hydroxyl groups is 1. The normalized spacial score (nSPS) is 14.5. The van der Waals surface area contributed by atoms with Gasteiger partial charge in [-0.1, -0.05) is 42.5 Å². The van der Waals surface area contributed by atoms with Gasteiger partial charge in [0.05, 0.1) is 0 Å². The summed E-state index contributed by atoms with van der Waals surface area (Å²) >= 11 is 1.68. The van der Waals surface area contributed by atoms with Gasteiger partial charge in [0, 0.05) is 10.3 Å². The topological polar surface area (TPSA) is 20.2 Å². The van der Waals surface area contributed by atoms with E-state index < -0.39 is 5.60 Å². The molecule has 0 fully saturated rings. The van der Waals surface area contributed by atoms with E-state index in [1.54, 1.807) is 11.3 Å². The van der Waals surface area contributed by atoms with Gasteiger partial charge in [-0.15, -0.1) is 11.3 Å². The summed E-state index contributed by atoms with van der Waals surface area (Å²) in [4.78, 5) is 0. The number of aryl methyl sites for hydroxylation is 1. The molecule has 0 spiro atoms. The molecule has 0 aliphatic carbocycles. The van der Waals surface area contributed by atoms with Crippen LogP contribution in [0.2, 0.25) is 0 Å². The highest BCUT2D eigenvalue weighted by Crippen LogP contribution is 2.37. The van der Waals surface area contributed by atoms with Crippen LogP contribution in [0.15, 0.2) is 53.9 Å². The Morgan fingerprint density at radius 2 is 1.68 bits per heavy atom. The first-order valence-corrected chi connectivity index (χ1v) is 7.24. The molecule has 1 aromatic heterocycles. The fourth-order valence-corrected chi connectivity index (χ4v) is 3.66. The molecular weight excluding hydrogens is 252 g/mol. The highest BCUT2D eigenvalue weighted by molar-refractivity contribution is 7.17. The molecule has 1 heterocycles. The van der Waals surface area contributed by atoms with E-state index in [2.05, 4.69) is 17.5 Å². The standard InChI is InChI=1S/C17H16OS/c1-12-6-3-4-8-14(12)17(2,18)15-9-5-7-13-10-11-19-16(13)15/h3-11,18H,1-2H3. The van der Waals surface area contributed by atoms with Crippen LogP contribution in [0.5, 0.6) is 0 Å². The molecule has 0 aliphatic heterocycles. The monoisotopic (exact) mass is 268 g/mol. The number of benzene rings is 2. The third-order valence-corrected chi connectivity index (χ3v) is 4.64. The molecule has 0 saturated heterocycles. The number of fused-ring (bicyclic) bond motifs is 1. The molecule has 0 amide bonds. The first-order valence-electron chi connectivity index (χ1n) is 6.36. The molecule has 1 nitrogen and oxygen atoms in total. The molecule has 2 aromatic carbocycles. The Morgan fingerprint density at radius 1 is 0.947 bits per heavy atom. The van der Waals surface area contributed by atoms with Crippen molar-refractivity contribution in [3.8, 4) is 0 Å². The van der Waals surface area contributed by atoms with Crippen LogP contribution in [0, 0.1) is 6.92 Å². The molecule has 96 valence electrons. The van der Waals surface area contributed by atoms with Crippen molar-refractivity contribution < 1.29 is 5.11 Å². The molecule has 0 bridgehead atoms. The van der Waals surface area contributed by atoms with Crippen molar-refractivity contribution in [1.29, 1.82) is 0 Å². The minimum absolute atomic E-state index is 0.963. The minimum atomic E-state index is -0.963. The second-order valence-corrected chi connectivity index (χ2v) is 5.95. The summed E-state index contributed by atoms with van der Waals surface area (Å²) in [6, 6.07) is 16.2. The van der Waals surface area contributed by atoms with Crippen LogP contribution in [0.1, 0.15) is 23.6 Å². The molecular formula is C17H16OS. The maximum atomic E-state index is 11.1. The number of thiophene rings is 1. The Bertz CT molecular complexity index is 725. The smallest absolute Gasteiger partial charge is 0.113 e. The quantitative estimate of drug-likeness (QED) is 0.727. The Balaban J connectivity index is 2.25. The van der Waals surface area contributed by atoms with E-state index in [9.17, 15) is 5.11 Å². The van der Waals surface area contributed by atoms with Gasteiger partial charge in [0.2, 0.25) is 0 Å². The van der Waals surface area contributed by atoms with Crippen molar-refractivity contribution in [3.63, 3.8) is 0 Å². The molecule has 3 rings (SSSR count). The summed E-state index contributed by atoms with van der Waals surface area (Å²) in [5.41, 5.74) is 2.10. The second-order valence-electron chi connectivity index (χ2n) is 5.03. The Morgan fingerprint density at radius 3 is 2.47 bits per heavy atom. The van der Waals surface area contributed by atoms with Crippen LogP contribution in [0.4, 0.5) is 0 Å². The second kappa shape index (κ2) is 4.48. The molecule has 1 atom stereocenters. The van der Waals surface area contributed by atoms with E-state index in [-0.39, 0.29) is 0 Å². The van der Waals surface area contributed by atoms with Crippen LogP contribution < -0.4 is 0 Å². The molecule has 1 N–H and O–H groups in total. The lowest BCUT2D eigenvalue weighted by Gasteiger charge is -2.27. The van der Waals surface area contributed by atoms with Gasteiger partial charge >= 0.3 is 0 Å². The van der Waals surface area contributed by atoms with E-state index in [0.29, 0.717) is 0 Å². The maximum absolute atomic E-state index is 11.1. The van der Waals surface area contributed by atoms with Crippen molar-refractivity contribution in [3.05, 3.63) is 70.6 Å². The Hall–Kier alpha value is -1.64. The third-order valence-electron chi connectivity index (χ3n) is 3.67. The SMILES string of the molecule is Cc1ccccc1C(C)(O)c1cccc2ccsc12. The fraction of sp³-hybridized carbons (Fsp3) is 0.176. The molecule has 0 aliphatic rings. The molecule has 19 heavy (non-hydrogen) atoms. The Labute approximate surface area is 117 Å². The number of rotatable bonds is 2. The van der Waals surface area contributed by atoms with E-state index >= 15 is 0 Å². The fourth-order valence-electron chi connectivity index (χ4n) is 2.64. The van der Waals surface area contributed by atoms with Gasteiger partial charge in [0.15, 0.2) is 0 Å². The van der Waals surface area contributed by atoms with Gasteiger partial charge < -0.3 is 5.11 Å². The van der Waals surface area contributed by atoms with Crippen LogP contribution in [-0.2, 0) is 5.60 Å². The minimum Gasteiger partial charge on any atom is -0.381 e. The lowest BCUT2D eigenvalue weighted by Crippen LogP contribution is -2.24. The van der Waals surface area contributed by atoms with E-state index in [1.165, 1.54) is 5.39 Å². The van der Waals surface area contributed by atoms with Gasteiger partial charge in [0.25, 0.3) is 0 Å². The summed E-state index contributed by atoms with van der Waals surface area (Å²) in [7, 11) is 0. The zero-order valence-electron chi connectivity index (χ0n) is 11.1. The van der Waals surface area contributed by atoms with Crippen molar-refractivity contribution in [2.75, 3.05) is 0 Å². The largest absolute Gasteiger partial charge is 0.381 e. The van der Waals surface area contributed by atoms with Crippen molar-refractivity contribution in [1.82, 2.24) is 0 Å². The van der Waals surface area contributed by atoms with Gasteiger partial charge in [0.1, 0.15) is 5.60 Å². The third kappa shape index (κ3) is 1.97. The van der Waals surface area contributed by atoms with E-state index in [1.807, 2.05) is 50.2 Å². The first kappa shape index (κ1) is 12.4. The lowest BCUT2D eigenvalue weighted by molar-refractivity contribution is 0.103.